The third-order valence-electron chi connectivity index (χ3n) is 2.25. The highest BCUT2D eigenvalue weighted by Crippen LogP contribution is 2.16. The van der Waals surface area contributed by atoms with Gasteiger partial charge in [0, 0.05) is 6.55 Å². The van der Waals surface area contributed by atoms with E-state index in [0.29, 0.717) is 0 Å². The number of rotatable bonds is 2. The Kier molecular flexibility index (Phi) is 3.14. The molecule has 0 spiro atoms. The maximum Gasteiger partial charge on any atom is 0.221 e. The topological polar surface area (TPSA) is 0 Å². The van der Waals surface area contributed by atoms with E-state index in [9.17, 15) is 0 Å². The lowest BCUT2D eigenvalue weighted by atomic mass is 11.8. The highest BCUT2D eigenvalue weighted by atomic mass is 29.6. The van der Waals surface area contributed by atoms with Crippen LogP contribution in [0.5, 0.6) is 0 Å². The summed E-state index contributed by atoms with van der Waals surface area (Å²) in [6, 6.07) is 0. The van der Waals surface area contributed by atoms with Gasteiger partial charge in [-0.25, -0.2) is 0 Å². The van der Waals surface area contributed by atoms with Crippen LogP contribution in [0, 0.1) is 0 Å². The smallest absolute Gasteiger partial charge is 0.0422 e. The maximum atomic E-state index is 2.56. The quantitative estimate of drug-likeness (QED) is 0.586. The lowest BCUT2D eigenvalue weighted by molar-refractivity contribution is 1.78. The first-order chi connectivity index (χ1) is 4.15. The molecular weight excluding hydrogens is 168 g/mol. The van der Waals surface area contributed by atoms with Gasteiger partial charge < -0.3 is 0 Å². The van der Waals surface area contributed by atoms with Gasteiger partial charge in [-0.1, -0.05) is 0 Å². The Balaban J connectivity index is 4.23. The molecule has 0 rings (SSSR count). The van der Waals surface area contributed by atoms with E-state index < -0.39 is 15.2 Å². The van der Waals surface area contributed by atoms with Crippen LogP contribution in [0.1, 0.15) is 0 Å². The summed E-state index contributed by atoms with van der Waals surface area (Å²) in [5, 5.41) is 0. The van der Waals surface area contributed by atoms with Gasteiger partial charge in [0.15, 0.2) is 0 Å². The Labute approximate surface area is 69.2 Å². The molecule has 0 unspecified atom stereocenters. The fraction of sp³-hybridized carbons (Fsp3) is 1.00. The van der Waals surface area contributed by atoms with E-state index in [-0.39, 0.29) is 7.83 Å². The van der Waals surface area contributed by atoms with E-state index in [1.807, 2.05) is 0 Å². The summed E-state index contributed by atoms with van der Waals surface area (Å²) >= 11 is 0. The number of hydrogen-bond acceptors (Lipinski definition) is 0. The predicted molar refractivity (Wildman–Crippen MR) is 58.3 cm³/mol. The highest BCUT2D eigenvalue weighted by Gasteiger charge is 2.48. The second kappa shape index (κ2) is 2.95. The molecule has 0 amide bonds. The largest absolute Gasteiger partial charge is 0.221 e. The van der Waals surface area contributed by atoms with Gasteiger partial charge in [-0.15, -0.1) is 0 Å². The predicted octanol–water partition coefficient (Wildman–Crippen LogP) is 2.94. The molecule has 0 N–H and O–H groups in total. The van der Waals surface area contributed by atoms with Crippen molar-refractivity contribution in [2.24, 2.45) is 0 Å². The molecule has 0 aliphatic rings. The second-order valence-corrected chi connectivity index (χ2v) is 30.4. The van der Waals surface area contributed by atoms with Crippen LogP contribution in [0.4, 0.5) is 0 Å². The van der Waals surface area contributed by atoms with Crippen LogP contribution in [0.2, 0.25) is 45.8 Å². The normalized spacial score (nSPS) is 13.5. The third kappa shape index (κ3) is 3.16. The van der Waals surface area contributed by atoms with Crippen molar-refractivity contribution in [2.75, 3.05) is 0 Å². The number of hydrogen-bond donors (Lipinski definition) is 0. The molecular formula is C7H21Si3+. The van der Waals surface area contributed by atoms with Crippen LogP contribution in [-0.4, -0.2) is 23.0 Å². The van der Waals surface area contributed by atoms with E-state index in [1.54, 1.807) is 0 Å². The van der Waals surface area contributed by atoms with Crippen LogP contribution in [-0.2, 0) is 0 Å². The Morgan fingerprint density at radius 2 is 0.900 bits per heavy atom. The fourth-order valence-electron chi connectivity index (χ4n) is 1.12. The van der Waals surface area contributed by atoms with Crippen molar-refractivity contribution in [3.8, 4) is 0 Å². The Morgan fingerprint density at radius 3 is 0.900 bits per heavy atom. The minimum atomic E-state index is -0.732. The van der Waals surface area contributed by atoms with Gasteiger partial charge in [0.25, 0.3) is 0 Å². The average Bonchev–Trinajstić information content (AvgIpc) is 1.59. The lowest BCUT2D eigenvalue weighted by Crippen LogP contribution is -2.56. The first-order valence-corrected chi connectivity index (χ1v) is 15.0. The van der Waals surface area contributed by atoms with Gasteiger partial charge >= 0.3 is 0 Å². The van der Waals surface area contributed by atoms with Crippen molar-refractivity contribution < 1.29 is 0 Å². The van der Waals surface area contributed by atoms with Gasteiger partial charge in [0.05, 0.1) is 0 Å². The van der Waals surface area contributed by atoms with Crippen molar-refractivity contribution in [3.05, 3.63) is 0 Å². The summed E-state index contributed by atoms with van der Waals surface area (Å²) in [7, 11) is -1.41. The lowest BCUT2D eigenvalue weighted by Gasteiger charge is -2.20. The monoisotopic (exact) mass is 189 g/mol. The molecule has 0 aromatic heterocycles. The van der Waals surface area contributed by atoms with E-state index >= 15 is 0 Å². The zero-order valence-electron chi connectivity index (χ0n) is 8.50. The second-order valence-electron chi connectivity index (χ2n) is 5.12. The zero-order chi connectivity index (χ0) is 8.58. The summed E-state index contributed by atoms with van der Waals surface area (Å²) in [5.74, 6) is 0. The van der Waals surface area contributed by atoms with E-state index in [0.717, 1.165) is 0 Å². The maximum absolute atomic E-state index is 2.56. The first-order valence-electron chi connectivity index (χ1n) is 4.00. The van der Waals surface area contributed by atoms with E-state index in [2.05, 4.69) is 45.8 Å². The first kappa shape index (κ1) is 10.7. The SMILES string of the molecule is C[Si+]([Si](C)(C)C)[Si](C)(C)C. The van der Waals surface area contributed by atoms with Gasteiger partial charge in [-0.3, -0.25) is 0 Å². The van der Waals surface area contributed by atoms with Gasteiger partial charge in [-0.05, 0) is 39.3 Å². The van der Waals surface area contributed by atoms with Crippen LogP contribution in [0.15, 0.2) is 0 Å². The van der Waals surface area contributed by atoms with E-state index in [1.165, 1.54) is 0 Å². The summed E-state index contributed by atoms with van der Waals surface area (Å²) in [4.78, 5) is 0. The molecule has 0 fully saturated rings. The van der Waals surface area contributed by atoms with Gasteiger partial charge in [0.2, 0.25) is 23.0 Å². The molecule has 0 aromatic carbocycles. The molecule has 3 heteroatoms. The summed E-state index contributed by atoms with van der Waals surface area (Å²) in [5.41, 5.74) is 0. The Hall–Kier alpha value is 0.651. The van der Waals surface area contributed by atoms with Crippen LogP contribution < -0.4 is 0 Å². The van der Waals surface area contributed by atoms with Crippen molar-refractivity contribution >= 4 is 23.0 Å². The molecule has 0 aromatic rings. The zero-order valence-corrected chi connectivity index (χ0v) is 11.5. The van der Waals surface area contributed by atoms with Crippen molar-refractivity contribution in [1.82, 2.24) is 0 Å². The van der Waals surface area contributed by atoms with Crippen molar-refractivity contribution in [1.29, 1.82) is 0 Å². The van der Waals surface area contributed by atoms with Crippen molar-refractivity contribution in [2.45, 2.75) is 45.8 Å². The third-order valence-corrected chi connectivity index (χ3v) is 33.8. The molecule has 0 bridgehead atoms. The molecule has 0 aliphatic carbocycles. The van der Waals surface area contributed by atoms with Crippen LogP contribution in [0.3, 0.4) is 0 Å². The molecule has 0 aliphatic heterocycles. The molecule has 0 nitrogen and oxygen atoms in total. The molecule has 0 radical (unpaired) electrons. The summed E-state index contributed by atoms with van der Waals surface area (Å²) in [6.45, 7) is 17.7. The molecule has 0 atom stereocenters. The molecule has 0 heterocycles. The van der Waals surface area contributed by atoms with Crippen molar-refractivity contribution in [3.63, 3.8) is 0 Å². The minimum Gasteiger partial charge on any atom is -0.0422 e. The molecule has 0 saturated heterocycles. The molecule has 60 valence electrons. The minimum absolute atomic E-state index is 0.0571. The van der Waals surface area contributed by atoms with Gasteiger partial charge in [0.1, 0.15) is 0 Å². The molecule has 10 heavy (non-hydrogen) atoms. The standard InChI is InChI=1S/C7H21Si3/c1-8(9(2,3)4)10(5,6)7/h1-7H3/q+1. The van der Waals surface area contributed by atoms with Crippen LogP contribution >= 0.6 is 0 Å². The van der Waals surface area contributed by atoms with Gasteiger partial charge in [-0.2, -0.15) is 0 Å². The Bertz CT molecular complexity index is 93.0. The van der Waals surface area contributed by atoms with Crippen LogP contribution in [0.25, 0.3) is 0 Å². The molecule has 0 saturated carbocycles. The fourth-order valence-corrected chi connectivity index (χ4v) is 30.4. The Morgan fingerprint density at radius 1 is 0.700 bits per heavy atom. The highest BCUT2D eigenvalue weighted by molar-refractivity contribution is 7.59. The summed E-state index contributed by atoms with van der Waals surface area (Å²) in [6.07, 6.45) is 0. The average molecular weight is 190 g/mol. The van der Waals surface area contributed by atoms with E-state index in [4.69, 9.17) is 0 Å². The summed E-state index contributed by atoms with van der Waals surface area (Å²) < 4.78 is 0.